The summed E-state index contributed by atoms with van der Waals surface area (Å²) in [6, 6.07) is 7.53. The average Bonchev–Trinajstić information content (AvgIpc) is 3.09. The number of aryl methyl sites for hydroxylation is 1. The van der Waals surface area contributed by atoms with Crippen LogP contribution in [0.25, 0.3) is 11.4 Å². The number of hydrogen-bond acceptors (Lipinski definition) is 6. The Kier molecular flexibility index (Phi) is 5.44. The van der Waals surface area contributed by atoms with Gasteiger partial charge in [-0.15, -0.1) is 11.3 Å². The molecule has 1 aromatic carbocycles. The van der Waals surface area contributed by atoms with E-state index in [2.05, 4.69) is 9.97 Å². The van der Waals surface area contributed by atoms with Crippen LogP contribution in [0, 0.1) is 0 Å². The lowest BCUT2D eigenvalue weighted by atomic mass is 10.1. The molecule has 0 aliphatic carbocycles. The summed E-state index contributed by atoms with van der Waals surface area (Å²) in [7, 11) is -3.34. The zero-order valence-corrected chi connectivity index (χ0v) is 16.5. The predicted octanol–water partition coefficient (Wildman–Crippen LogP) is 4.98. The van der Waals surface area contributed by atoms with Gasteiger partial charge >= 0.3 is 6.18 Å². The normalized spacial score (nSPS) is 12.2. The predicted molar refractivity (Wildman–Crippen MR) is 99.4 cm³/mol. The number of ether oxygens (including phenoxy) is 1. The van der Waals surface area contributed by atoms with Gasteiger partial charge in [-0.3, -0.25) is 0 Å². The van der Waals surface area contributed by atoms with E-state index in [0.717, 1.165) is 29.7 Å². The van der Waals surface area contributed by atoms with Gasteiger partial charge in [-0.1, -0.05) is 19.1 Å². The van der Waals surface area contributed by atoms with E-state index in [0.29, 0.717) is 23.4 Å². The lowest BCUT2D eigenvalue weighted by Gasteiger charge is -2.09. The van der Waals surface area contributed by atoms with E-state index >= 15 is 0 Å². The van der Waals surface area contributed by atoms with Crippen LogP contribution in [-0.2, 0) is 22.4 Å². The van der Waals surface area contributed by atoms with Gasteiger partial charge in [0.25, 0.3) is 0 Å². The molecule has 0 spiro atoms. The van der Waals surface area contributed by atoms with E-state index < -0.39 is 21.6 Å². The van der Waals surface area contributed by atoms with Crippen molar-refractivity contribution in [1.82, 2.24) is 9.97 Å². The lowest BCUT2D eigenvalue weighted by molar-refractivity contribution is -0.137. The number of benzene rings is 1. The second kappa shape index (κ2) is 7.51. The maximum Gasteiger partial charge on any atom is 0.416 e. The van der Waals surface area contributed by atoms with Gasteiger partial charge in [0.05, 0.1) is 5.56 Å². The van der Waals surface area contributed by atoms with E-state index in [1.165, 1.54) is 18.2 Å². The van der Waals surface area contributed by atoms with Crippen LogP contribution in [0.4, 0.5) is 13.2 Å². The van der Waals surface area contributed by atoms with Crippen molar-refractivity contribution in [3.8, 4) is 23.0 Å². The minimum absolute atomic E-state index is 0.162. The van der Waals surface area contributed by atoms with Gasteiger partial charge in [0.1, 0.15) is 9.96 Å². The molecule has 0 fully saturated rings. The maximum absolute atomic E-state index is 12.7. The SMILES string of the molecule is CCc1cc(Oc2csc(S(C)(=O)=O)c2)nc(-c2ccc(C(F)(F)F)cc2)n1. The van der Waals surface area contributed by atoms with E-state index in [1.54, 1.807) is 11.4 Å². The fraction of sp³-hybridized carbons (Fsp3) is 0.222. The van der Waals surface area contributed by atoms with Crippen molar-refractivity contribution in [2.75, 3.05) is 6.26 Å². The third-order valence-electron chi connectivity index (χ3n) is 3.73. The standard InChI is InChI=1S/C18H15F3N2O3S2/c1-3-13-8-15(26-14-9-16(27-10-14)28(2,24)25)23-17(22-13)11-4-6-12(7-5-11)18(19,20)21/h4-10H,3H2,1-2H3. The van der Waals surface area contributed by atoms with Gasteiger partial charge in [0, 0.05) is 35.0 Å². The van der Waals surface area contributed by atoms with Gasteiger partial charge in [0.2, 0.25) is 5.88 Å². The van der Waals surface area contributed by atoms with Crippen molar-refractivity contribution >= 4 is 21.2 Å². The molecule has 0 aliphatic rings. The summed E-state index contributed by atoms with van der Waals surface area (Å²) in [5.74, 6) is 0.714. The highest BCUT2D eigenvalue weighted by molar-refractivity contribution is 7.92. The van der Waals surface area contributed by atoms with Crippen LogP contribution in [0.5, 0.6) is 11.6 Å². The molecule has 5 nitrogen and oxygen atoms in total. The Bertz CT molecular complexity index is 1090. The Morgan fingerprint density at radius 3 is 2.32 bits per heavy atom. The third-order valence-corrected chi connectivity index (χ3v) is 6.47. The smallest absolute Gasteiger partial charge is 0.416 e. The maximum atomic E-state index is 12.7. The summed E-state index contributed by atoms with van der Waals surface area (Å²) < 4.78 is 67.2. The molecule has 3 rings (SSSR count). The molecule has 2 heterocycles. The van der Waals surface area contributed by atoms with Crippen LogP contribution >= 0.6 is 11.3 Å². The Morgan fingerprint density at radius 1 is 1.11 bits per heavy atom. The molecule has 0 bridgehead atoms. The second-order valence-corrected chi connectivity index (χ2v) is 9.08. The largest absolute Gasteiger partial charge is 0.438 e. The van der Waals surface area contributed by atoms with Crippen molar-refractivity contribution in [3.63, 3.8) is 0 Å². The first kappa shape index (κ1) is 20.3. The number of hydrogen-bond donors (Lipinski definition) is 0. The molecule has 0 atom stereocenters. The van der Waals surface area contributed by atoms with Crippen molar-refractivity contribution in [3.05, 3.63) is 53.0 Å². The summed E-state index contributed by atoms with van der Waals surface area (Å²) in [4.78, 5) is 8.59. The number of halogens is 3. The van der Waals surface area contributed by atoms with Gasteiger partial charge in [-0.2, -0.15) is 18.2 Å². The molecule has 0 saturated carbocycles. The summed E-state index contributed by atoms with van der Waals surface area (Å²) in [6.45, 7) is 1.87. The first-order valence-electron chi connectivity index (χ1n) is 8.08. The fourth-order valence-corrected chi connectivity index (χ4v) is 4.02. The van der Waals surface area contributed by atoms with E-state index in [-0.39, 0.29) is 15.9 Å². The van der Waals surface area contributed by atoms with Crippen LogP contribution in [0.2, 0.25) is 0 Å². The second-order valence-electron chi connectivity index (χ2n) is 5.93. The number of thiophene rings is 1. The number of alkyl halides is 3. The Balaban J connectivity index is 1.93. The topological polar surface area (TPSA) is 69.2 Å². The minimum atomic E-state index is -4.42. The quantitative estimate of drug-likeness (QED) is 0.573. The van der Waals surface area contributed by atoms with Gasteiger partial charge in [-0.05, 0) is 18.6 Å². The van der Waals surface area contributed by atoms with Crippen molar-refractivity contribution in [2.24, 2.45) is 0 Å². The molecule has 3 aromatic rings. The molecule has 0 amide bonds. The molecular formula is C18H15F3N2O3S2. The van der Waals surface area contributed by atoms with Crippen LogP contribution < -0.4 is 4.74 Å². The zero-order valence-electron chi connectivity index (χ0n) is 14.8. The number of sulfone groups is 1. The van der Waals surface area contributed by atoms with Crippen LogP contribution in [0.1, 0.15) is 18.2 Å². The fourth-order valence-electron chi connectivity index (χ4n) is 2.31. The Labute approximate surface area is 163 Å². The highest BCUT2D eigenvalue weighted by Gasteiger charge is 2.30. The monoisotopic (exact) mass is 428 g/mol. The lowest BCUT2D eigenvalue weighted by Crippen LogP contribution is -2.04. The minimum Gasteiger partial charge on any atom is -0.438 e. The van der Waals surface area contributed by atoms with Gasteiger partial charge < -0.3 is 4.74 Å². The average molecular weight is 428 g/mol. The molecular weight excluding hydrogens is 413 g/mol. The van der Waals surface area contributed by atoms with Crippen molar-refractivity contribution in [2.45, 2.75) is 23.7 Å². The molecule has 0 N–H and O–H groups in total. The van der Waals surface area contributed by atoms with E-state index in [1.807, 2.05) is 6.92 Å². The zero-order chi connectivity index (χ0) is 20.5. The molecule has 2 aromatic heterocycles. The van der Waals surface area contributed by atoms with Crippen LogP contribution in [-0.4, -0.2) is 24.6 Å². The van der Waals surface area contributed by atoms with Crippen LogP contribution in [0.15, 0.2) is 46.0 Å². The van der Waals surface area contributed by atoms with Crippen molar-refractivity contribution < 1.29 is 26.3 Å². The number of aromatic nitrogens is 2. The molecule has 28 heavy (non-hydrogen) atoms. The Hall–Kier alpha value is -2.46. The number of rotatable bonds is 5. The van der Waals surface area contributed by atoms with E-state index in [4.69, 9.17) is 4.74 Å². The highest BCUT2D eigenvalue weighted by atomic mass is 32.2. The first-order valence-corrected chi connectivity index (χ1v) is 10.9. The summed E-state index contributed by atoms with van der Waals surface area (Å²) in [5.41, 5.74) is 0.291. The van der Waals surface area contributed by atoms with Crippen molar-refractivity contribution in [1.29, 1.82) is 0 Å². The van der Waals surface area contributed by atoms with Gasteiger partial charge in [-0.25, -0.2) is 13.4 Å². The molecule has 148 valence electrons. The summed E-state index contributed by atoms with van der Waals surface area (Å²) >= 11 is 1.03. The van der Waals surface area contributed by atoms with E-state index in [9.17, 15) is 21.6 Å². The Morgan fingerprint density at radius 2 is 1.79 bits per heavy atom. The first-order chi connectivity index (χ1) is 13.1. The third kappa shape index (κ3) is 4.68. The molecule has 10 heteroatoms. The molecule has 0 unspecified atom stereocenters. The highest BCUT2D eigenvalue weighted by Crippen LogP contribution is 2.32. The summed E-state index contributed by atoms with van der Waals surface area (Å²) in [5, 5.41) is 1.54. The molecule has 0 aliphatic heterocycles. The molecule has 0 saturated heterocycles. The van der Waals surface area contributed by atoms with Crippen LogP contribution in [0.3, 0.4) is 0 Å². The molecule has 0 radical (unpaired) electrons. The number of nitrogens with zero attached hydrogens (tertiary/aromatic N) is 2. The summed E-state index contributed by atoms with van der Waals surface area (Å²) in [6.07, 6.45) is -2.76. The van der Waals surface area contributed by atoms with Gasteiger partial charge in [0.15, 0.2) is 15.7 Å².